The maximum absolute atomic E-state index is 10.8. The highest BCUT2D eigenvalue weighted by Gasteiger charge is 2.12. The smallest absolute Gasteiger partial charge is 0.0531 e. The van der Waals surface area contributed by atoms with Gasteiger partial charge in [-0.3, -0.25) is 0 Å². The monoisotopic (exact) mass is 368 g/mol. The summed E-state index contributed by atoms with van der Waals surface area (Å²) in [7, 11) is 0. The van der Waals surface area contributed by atoms with Gasteiger partial charge in [-0.1, -0.05) is 52.3 Å². The summed E-state index contributed by atoms with van der Waals surface area (Å²) in [4.78, 5) is 10.8. The summed E-state index contributed by atoms with van der Waals surface area (Å²) < 4.78 is 3.08. The number of carbonyl (C=O) groups excluding carboxylic acids is 1. The minimum absolute atomic E-state index is 0.00620. The molecular formula is C19H15BrNO2-. The number of rotatable bonds is 5. The quantitative estimate of drug-likeness (QED) is 0.690. The van der Waals surface area contributed by atoms with E-state index in [9.17, 15) is 9.90 Å². The van der Waals surface area contributed by atoms with E-state index >= 15 is 0 Å². The molecule has 4 heteroatoms. The molecule has 0 spiro atoms. The number of hydrogen-bond donors (Lipinski definition) is 0. The summed E-state index contributed by atoms with van der Waals surface area (Å²) in [6, 6.07) is 22.0. The Hall–Kier alpha value is -2.33. The van der Waals surface area contributed by atoms with E-state index in [2.05, 4.69) is 20.5 Å². The number of carboxylic acids is 1. The molecule has 0 saturated carbocycles. The van der Waals surface area contributed by atoms with Crippen LogP contribution in [0.25, 0.3) is 16.9 Å². The number of aromatic nitrogens is 1. The van der Waals surface area contributed by atoms with Crippen LogP contribution in [0.2, 0.25) is 0 Å². The molecule has 1 aromatic heterocycles. The molecule has 3 aromatic rings. The predicted molar refractivity (Wildman–Crippen MR) is 92.2 cm³/mol. The van der Waals surface area contributed by atoms with Crippen LogP contribution in [0, 0.1) is 0 Å². The van der Waals surface area contributed by atoms with Gasteiger partial charge in [-0.15, -0.1) is 0 Å². The van der Waals surface area contributed by atoms with E-state index < -0.39 is 5.97 Å². The maximum Gasteiger partial charge on any atom is 0.0531 e. The fraction of sp³-hybridized carbons (Fsp3) is 0.105. The van der Waals surface area contributed by atoms with Crippen LogP contribution in [-0.4, -0.2) is 10.5 Å². The second kappa shape index (κ2) is 6.84. The Bertz CT molecular complexity index is 824. The Morgan fingerprint density at radius 3 is 2.48 bits per heavy atom. The van der Waals surface area contributed by atoms with Gasteiger partial charge in [0.25, 0.3) is 0 Å². The third kappa shape index (κ3) is 3.54. The summed E-state index contributed by atoms with van der Waals surface area (Å²) in [6.45, 7) is 0. The van der Waals surface area contributed by atoms with Crippen LogP contribution in [-0.2, 0) is 11.2 Å². The van der Waals surface area contributed by atoms with Crippen molar-refractivity contribution in [3.8, 4) is 16.9 Å². The molecule has 2 aromatic carbocycles. The number of benzene rings is 2. The van der Waals surface area contributed by atoms with Crippen LogP contribution in [0.15, 0.2) is 71.2 Å². The standard InChI is InChI=1S/C19H16BrNO2/c20-15-7-4-8-17(13-15)21-16(10-12-19(22)23)9-11-18(21)14-5-2-1-3-6-14/h1-9,11,13H,10,12H2,(H,22,23)/p-1. The van der Waals surface area contributed by atoms with Gasteiger partial charge in [0.2, 0.25) is 0 Å². The minimum Gasteiger partial charge on any atom is -0.550 e. The first-order valence-corrected chi connectivity index (χ1v) is 8.16. The third-order valence-electron chi connectivity index (χ3n) is 3.68. The highest BCUT2D eigenvalue weighted by molar-refractivity contribution is 9.10. The van der Waals surface area contributed by atoms with E-state index in [0.29, 0.717) is 6.42 Å². The third-order valence-corrected chi connectivity index (χ3v) is 4.18. The number of nitrogens with zero attached hydrogens (tertiary/aromatic N) is 1. The molecule has 0 amide bonds. The lowest BCUT2D eigenvalue weighted by Crippen LogP contribution is -2.22. The van der Waals surface area contributed by atoms with Crippen molar-refractivity contribution in [1.29, 1.82) is 0 Å². The lowest BCUT2D eigenvalue weighted by Gasteiger charge is -2.15. The first-order chi connectivity index (χ1) is 11.1. The van der Waals surface area contributed by atoms with Crippen LogP contribution < -0.4 is 5.11 Å². The molecule has 0 unspecified atom stereocenters. The van der Waals surface area contributed by atoms with Gasteiger partial charge in [0.1, 0.15) is 0 Å². The molecule has 0 N–H and O–H groups in total. The largest absolute Gasteiger partial charge is 0.550 e. The molecule has 0 aliphatic carbocycles. The van der Waals surface area contributed by atoms with E-state index in [-0.39, 0.29) is 6.42 Å². The fourth-order valence-corrected chi connectivity index (χ4v) is 3.05. The van der Waals surface area contributed by atoms with Gasteiger partial charge in [-0.05, 0) is 48.7 Å². The zero-order valence-electron chi connectivity index (χ0n) is 12.4. The number of carboxylic acid groups (broad SMARTS) is 1. The van der Waals surface area contributed by atoms with E-state index in [1.165, 1.54) is 0 Å². The average Bonchev–Trinajstić information content (AvgIpc) is 2.97. The summed E-state index contributed by atoms with van der Waals surface area (Å²) in [5, 5.41) is 10.8. The molecule has 0 radical (unpaired) electrons. The second-order valence-corrected chi connectivity index (χ2v) is 6.18. The van der Waals surface area contributed by atoms with Gasteiger partial charge in [-0.25, -0.2) is 0 Å². The van der Waals surface area contributed by atoms with Crippen LogP contribution in [0.1, 0.15) is 12.1 Å². The molecule has 0 aliphatic heterocycles. The van der Waals surface area contributed by atoms with Crippen molar-refractivity contribution in [1.82, 2.24) is 4.57 Å². The molecule has 0 bridgehead atoms. The normalized spacial score (nSPS) is 10.7. The molecule has 0 aliphatic rings. The van der Waals surface area contributed by atoms with Crippen molar-refractivity contribution in [3.05, 3.63) is 76.9 Å². The molecule has 3 rings (SSSR count). The van der Waals surface area contributed by atoms with E-state index in [1.54, 1.807) is 0 Å². The summed E-state index contributed by atoms with van der Waals surface area (Å²) in [6.07, 6.45) is 0.438. The Morgan fingerprint density at radius 1 is 1.00 bits per heavy atom. The molecule has 116 valence electrons. The summed E-state index contributed by atoms with van der Waals surface area (Å²) in [5.74, 6) is -1.03. The molecule has 23 heavy (non-hydrogen) atoms. The number of aliphatic carboxylic acids is 1. The topological polar surface area (TPSA) is 45.1 Å². The number of halogens is 1. The predicted octanol–water partition coefficient (Wildman–Crippen LogP) is 3.59. The van der Waals surface area contributed by atoms with Crippen molar-refractivity contribution >= 4 is 21.9 Å². The Balaban J connectivity index is 2.12. The molecular weight excluding hydrogens is 354 g/mol. The summed E-state index contributed by atoms with van der Waals surface area (Å²) in [5.41, 5.74) is 4.08. The Morgan fingerprint density at radius 2 is 1.78 bits per heavy atom. The number of carbonyl (C=O) groups is 1. The zero-order valence-corrected chi connectivity index (χ0v) is 14.0. The highest BCUT2D eigenvalue weighted by atomic mass is 79.9. The van der Waals surface area contributed by atoms with E-state index in [0.717, 1.165) is 27.1 Å². The first-order valence-electron chi connectivity index (χ1n) is 7.37. The van der Waals surface area contributed by atoms with Gasteiger partial charge in [0.05, 0.1) is 5.69 Å². The minimum atomic E-state index is -1.03. The Kier molecular flexibility index (Phi) is 4.63. The molecule has 3 nitrogen and oxygen atoms in total. The van der Waals surface area contributed by atoms with Crippen LogP contribution >= 0.6 is 15.9 Å². The van der Waals surface area contributed by atoms with Gasteiger partial charge >= 0.3 is 0 Å². The lowest BCUT2D eigenvalue weighted by atomic mass is 10.1. The van der Waals surface area contributed by atoms with Crippen LogP contribution in [0.5, 0.6) is 0 Å². The van der Waals surface area contributed by atoms with Gasteiger partial charge in [0, 0.05) is 21.8 Å². The second-order valence-electron chi connectivity index (χ2n) is 5.26. The van der Waals surface area contributed by atoms with Crippen molar-refractivity contribution in [2.24, 2.45) is 0 Å². The van der Waals surface area contributed by atoms with Crippen molar-refractivity contribution in [2.45, 2.75) is 12.8 Å². The summed E-state index contributed by atoms with van der Waals surface area (Å²) >= 11 is 3.50. The molecule has 0 fully saturated rings. The fourth-order valence-electron chi connectivity index (χ4n) is 2.66. The van der Waals surface area contributed by atoms with Crippen LogP contribution in [0.3, 0.4) is 0 Å². The van der Waals surface area contributed by atoms with Gasteiger partial charge < -0.3 is 14.5 Å². The van der Waals surface area contributed by atoms with Crippen LogP contribution in [0.4, 0.5) is 0 Å². The molecule has 0 saturated heterocycles. The SMILES string of the molecule is O=C([O-])CCc1ccc(-c2ccccc2)n1-c1cccc(Br)c1. The zero-order chi connectivity index (χ0) is 16.2. The van der Waals surface area contributed by atoms with Crippen molar-refractivity contribution < 1.29 is 9.90 Å². The van der Waals surface area contributed by atoms with Crippen molar-refractivity contribution in [2.75, 3.05) is 0 Å². The average molecular weight is 369 g/mol. The van der Waals surface area contributed by atoms with E-state index in [4.69, 9.17) is 0 Å². The molecule has 0 atom stereocenters. The Labute approximate surface area is 143 Å². The van der Waals surface area contributed by atoms with Crippen molar-refractivity contribution in [3.63, 3.8) is 0 Å². The highest BCUT2D eigenvalue weighted by Crippen LogP contribution is 2.28. The van der Waals surface area contributed by atoms with Gasteiger partial charge in [0.15, 0.2) is 0 Å². The molecule has 1 heterocycles. The number of aryl methyl sites for hydroxylation is 1. The number of hydrogen-bond acceptors (Lipinski definition) is 2. The van der Waals surface area contributed by atoms with E-state index in [1.807, 2.05) is 66.7 Å². The lowest BCUT2D eigenvalue weighted by molar-refractivity contribution is -0.305. The van der Waals surface area contributed by atoms with Gasteiger partial charge in [-0.2, -0.15) is 0 Å². The maximum atomic E-state index is 10.8. The first kappa shape index (κ1) is 15.6.